The highest BCUT2D eigenvalue weighted by Crippen LogP contribution is 2.19. The molecule has 3 rings (SSSR count). The zero-order chi connectivity index (χ0) is 14.4. The molecule has 0 amide bonds. The van der Waals surface area contributed by atoms with Crippen molar-refractivity contribution in [2.75, 3.05) is 0 Å². The first kappa shape index (κ1) is 14.8. The Bertz CT molecular complexity index is 669. The Kier molecular flexibility index (Phi) is 5.33. The average Bonchev–Trinajstić information content (AvgIpc) is 2.95. The van der Waals surface area contributed by atoms with E-state index >= 15 is 0 Å². The number of hydrogen-bond acceptors (Lipinski definition) is 1. The molecule has 1 heterocycles. The van der Waals surface area contributed by atoms with Gasteiger partial charge in [0, 0.05) is 9.17 Å². The number of benzene rings is 2. The Morgan fingerprint density at radius 3 is 2.15 bits per heavy atom. The minimum absolute atomic E-state index is 1.06. The molecule has 0 aliphatic heterocycles. The van der Waals surface area contributed by atoms with Gasteiger partial charge >= 0.3 is 0 Å². The van der Waals surface area contributed by atoms with Gasteiger partial charge in [0.15, 0.2) is 0 Å². The summed E-state index contributed by atoms with van der Waals surface area (Å²) in [7, 11) is 0. The highest BCUT2D eigenvalue weighted by atomic mass is 79.9. The Morgan fingerprint density at radius 2 is 1.55 bits per heavy atom. The first-order valence-corrected chi connectivity index (χ1v) is 7.88. The second kappa shape index (κ2) is 7.22. The van der Waals surface area contributed by atoms with E-state index in [1.807, 2.05) is 30.4 Å². The number of fused-ring (bicyclic) bond motifs is 1. The zero-order valence-corrected chi connectivity index (χ0v) is 13.5. The third-order valence-corrected chi connectivity index (χ3v) is 4.13. The normalized spacial score (nSPS) is 9.65. The monoisotopic (exact) mass is 342 g/mol. The molecule has 0 spiro atoms. The molecule has 0 nitrogen and oxygen atoms in total. The van der Waals surface area contributed by atoms with Crippen molar-refractivity contribution in [3.8, 4) is 0 Å². The molecule has 100 valence electrons. The van der Waals surface area contributed by atoms with Gasteiger partial charge in [0.05, 0.1) is 0 Å². The lowest BCUT2D eigenvalue weighted by Crippen LogP contribution is -1.75. The quantitative estimate of drug-likeness (QED) is 0.489. The van der Waals surface area contributed by atoms with Crippen molar-refractivity contribution in [1.82, 2.24) is 0 Å². The predicted molar refractivity (Wildman–Crippen MR) is 96.1 cm³/mol. The maximum atomic E-state index is 3.69. The van der Waals surface area contributed by atoms with Crippen LogP contribution in [-0.2, 0) is 0 Å². The summed E-state index contributed by atoms with van der Waals surface area (Å²) in [5.41, 5.74) is 2.21. The molecule has 0 bridgehead atoms. The minimum atomic E-state index is 1.06. The number of halogens is 1. The van der Waals surface area contributed by atoms with Gasteiger partial charge in [-0.05, 0) is 52.2 Å². The third kappa shape index (κ3) is 3.92. The largest absolute Gasteiger partial charge is 0.144 e. The van der Waals surface area contributed by atoms with E-state index in [2.05, 4.69) is 64.8 Å². The molecule has 0 saturated carbocycles. The molecule has 0 aliphatic carbocycles. The van der Waals surface area contributed by atoms with Gasteiger partial charge in [0.2, 0.25) is 0 Å². The summed E-state index contributed by atoms with van der Waals surface area (Å²) in [5, 5.41) is 3.47. The molecule has 20 heavy (non-hydrogen) atoms. The van der Waals surface area contributed by atoms with E-state index in [1.165, 1.54) is 10.1 Å². The first-order valence-electron chi connectivity index (χ1n) is 6.20. The second-order valence-electron chi connectivity index (χ2n) is 4.18. The van der Waals surface area contributed by atoms with Crippen molar-refractivity contribution in [2.24, 2.45) is 0 Å². The average molecular weight is 343 g/mol. The number of thiophene rings is 1. The lowest BCUT2D eigenvalue weighted by molar-refractivity contribution is 1.58. The number of hydrogen-bond donors (Lipinski definition) is 0. The van der Waals surface area contributed by atoms with E-state index < -0.39 is 0 Å². The molecular weight excluding hydrogens is 328 g/mol. The maximum absolute atomic E-state index is 3.69. The van der Waals surface area contributed by atoms with Crippen LogP contribution in [0.5, 0.6) is 0 Å². The molecule has 1 aromatic heterocycles. The van der Waals surface area contributed by atoms with Crippen LogP contribution in [0.1, 0.15) is 11.1 Å². The van der Waals surface area contributed by atoms with Crippen LogP contribution >= 0.6 is 27.3 Å². The molecule has 0 aliphatic rings. The summed E-state index contributed by atoms with van der Waals surface area (Å²) in [6.45, 7) is 7.38. The molecule has 0 atom stereocenters. The van der Waals surface area contributed by atoms with Crippen molar-refractivity contribution >= 4 is 49.5 Å². The Hall–Kier alpha value is -1.64. The van der Waals surface area contributed by atoms with Gasteiger partial charge in [-0.3, -0.25) is 0 Å². The summed E-state index contributed by atoms with van der Waals surface area (Å²) >= 11 is 5.19. The highest BCUT2D eigenvalue weighted by Gasteiger charge is 1.92. The van der Waals surface area contributed by atoms with Crippen molar-refractivity contribution in [2.45, 2.75) is 0 Å². The first-order chi connectivity index (χ1) is 9.72. The van der Waals surface area contributed by atoms with Gasteiger partial charge in [0.1, 0.15) is 0 Å². The SMILES string of the molecule is C=Cc1cc(Br)cc(C=C)c1.c1ccc2sccc2c1. The summed E-state index contributed by atoms with van der Waals surface area (Å²) in [6, 6.07) is 16.6. The van der Waals surface area contributed by atoms with Gasteiger partial charge in [0.25, 0.3) is 0 Å². The van der Waals surface area contributed by atoms with Crippen LogP contribution in [0.3, 0.4) is 0 Å². The standard InChI is InChI=1S/C10H9Br.C8H6S/c1-3-8-5-9(4-2)7-10(11)6-8;1-2-4-8-7(3-1)5-6-9-8/h3-7H,1-2H2;1-6H. The third-order valence-electron chi connectivity index (χ3n) is 2.78. The second-order valence-corrected chi connectivity index (χ2v) is 6.05. The van der Waals surface area contributed by atoms with Crippen molar-refractivity contribution < 1.29 is 0 Å². The fourth-order valence-electron chi connectivity index (χ4n) is 1.78. The molecule has 2 aromatic carbocycles. The Labute approximate surface area is 132 Å². The molecule has 0 N–H and O–H groups in total. The van der Waals surface area contributed by atoms with Crippen LogP contribution in [0.15, 0.2) is 71.5 Å². The van der Waals surface area contributed by atoms with Crippen LogP contribution in [0.25, 0.3) is 22.2 Å². The summed E-state index contributed by atoms with van der Waals surface area (Å²) in [6.07, 6.45) is 3.63. The minimum Gasteiger partial charge on any atom is -0.144 e. The van der Waals surface area contributed by atoms with Crippen molar-refractivity contribution in [3.05, 3.63) is 82.7 Å². The van der Waals surface area contributed by atoms with Crippen molar-refractivity contribution in [1.29, 1.82) is 0 Å². The van der Waals surface area contributed by atoms with E-state index in [4.69, 9.17) is 0 Å². The Balaban J connectivity index is 0.000000149. The van der Waals surface area contributed by atoms with Gasteiger partial charge < -0.3 is 0 Å². The van der Waals surface area contributed by atoms with Crippen LogP contribution < -0.4 is 0 Å². The van der Waals surface area contributed by atoms with Gasteiger partial charge in [-0.25, -0.2) is 0 Å². The van der Waals surface area contributed by atoms with Crippen LogP contribution in [0.4, 0.5) is 0 Å². The Morgan fingerprint density at radius 1 is 0.900 bits per heavy atom. The smallest absolute Gasteiger partial charge is 0.0342 e. The van der Waals surface area contributed by atoms with Crippen molar-refractivity contribution in [3.63, 3.8) is 0 Å². The molecule has 0 radical (unpaired) electrons. The predicted octanol–water partition coefficient (Wildman–Crippen LogP) is 6.64. The fraction of sp³-hybridized carbons (Fsp3) is 0. The molecule has 3 aromatic rings. The molecule has 0 fully saturated rings. The van der Waals surface area contributed by atoms with Crippen LogP contribution in [0.2, 0.25) is 0 Å². The van der Waals surface area contributed by atoms with E-state index in [9.17, 15) is 0 Å². The topological polar surface area (TPSA) is 0 Å². The van der Waals surface area contributed by atoms with Crippen LogP contribution in [0, 0.1) is 0 Å². The molecule has 2 heteroatoms. The zero-order valence-electron chi connectivity index (χ0n) is 11.1. The summed E-state index contributed by atoms with van der Waals surface area (Å²) in [5.74, 6) is 0. The fourth-order valence-corrected chi connectivity index (χ4v) is 3.10. The van der Waals surface area contributed by atoms with Gasteiger partial charge in [-0.15, -0.1) is 11.3 Å². The highest BCUT2D eigenvalue weighted by molar-refractivity contribution is 9.10. The molecular formula is C18H15BrS. The van der Waals surface area contributed by atoms with E-state index in [-0.39, 0.29) is 0 Å². The van der Waals surface area contributed by atoms with Crippen LogP contribution in [-0.4, -0.2) is 0 Å². The molecule has 0 unspecified atom stereocenters. The van der Waals surface area contributed by atoms with Gasteiger partial charge in [-0.1, -0.05) is 59.4 Å². The molecule has 0 saturated heterocycles. The summed E-state index contributed by atoms with van der Waals surface area (Å²) < 4.78 is 2.43. The lowest BCUT2D eigenvalue weighted by Gasteiger charge is -1.97. The maximum Gasteiger partial charge on any atom is 0.0342 e. The summed E-state index contributed by atoms with van der Waals surface area (Å²) in [4.78, 5) is 0. The van der Waals surface area contributed by atoms with E-state index in [1.54, 1.807) is 11.3 Å². The van der Waals surface area contributed by atoms with E-state index in [0.717, 1.165) is 15.6 Å². The number of rotatable bonds is 2. The van der Waals surface area contributed by atoms with Gasteiger partial charge in [-0.2, -0.15) is 0 Å². The lowest BCUT2D eigenvalue weighted by atomic mass is 10.1. The van der Waals surface area contributed by atoms with E-state index in [0.29, 0.717) is 0 Å².